The van der Waals surface area contributed by atoms with Gasteiger partial charge in [-0.2, -0.15) is 0 Å². The van der Waals surface area contributed by atoms with Crippen LogP contribution in [0.1, 0.15) is 22.7 Å². The number of phenols is 1. The van der Waals surface area contributed by atoms with Gasteiger partial charge in [-0.25, -0.2) is 0 Å². The molecule has 0 spiro atoms. The smallest absolute Gasteiger partial charge is 0.123 e. The molecule has 2 aromatic carbocycles. The number of hydrogen-bond donors (Lipinski definition) is 3. The molecule has 2 aromatic rings. The van der Waals surface area contributed by atoms with E-state index in [9.17, 15) is 10.2 Å². The molecule has 0 bridgehead atoms. The van der Waals surface area contributed by atoms with Crippen LogP contribution in [0.4, 0.5) is 0 Å². The first kappa shape index (κ1) is 16.5. The number of phenolic OH excluding ortho intramolecular Hbond substituents is 1. The van der Waals surface area contributed by atoms with Crippen LogP contribution in [0.15, 0.2) is 48.5 Å². The quantitative estimate of drug-likeness (QED) is 0.812. The van der Waals surface area contributed by atoms with Gasteiger partial charge in [0.05, 0.1) is 12.1 Å². The molecule has 108 valence electrons. The minimum absolute atomic E-state index is 0. The minimum Gasteiger partial charge on any atom is -0.507 e. The van der Waals surface area contributed by atoms with Crippen molar-refractivity contribution in [2.24, 2.45) is 5.73 Å². The van der Waals surface area contributed by atoms with Gasteiger partial charge in [0, 0.05) is 12.0 Å². The van der Waals surface area contributed by atoms with E-state index in [0.717, 1.165) is 11.1 Å². The van der Waals surface area contributed by atoms with Gasteiger partial charge in [0.15, 0.2) is 0 Å². The maximum absolute atomic E-state index is 10.2. The first-order valence-corrected chi connectivity index (χ1v) is 6.35. The van der Waals surface area contributed by atoms with Crippen LogP contribution < -0.4 is 5.73 Å². The number of aryl methyl sites for hydroxylation is 1. The van der Waals surface area contributed by atoms with Crippen molar-refractivity contribution in [2.45, 2.75) is 25.5 Å². The molecule has 0 saturated carbocycles. The zero-order valence-corrected chi connectivity index (χ0v) is 12.2. The number of hydrogen-bond acceptors (Lipinski definition) is 3. The van der Waals surface area contributed by atoms with Gasteiger partial charge in [0.1, 0.15) is 5.75 Å². The number of aromatic hydroxyl groups is 1. The van der Waals surface area contributed by atoms with Gasteiger partial charge < -0.3 is 15.9 Å². The maximum atomic E-state index is 10.2. The van der Waals surface area contributed by atoms with Crippen LogP contribution in [0.3, 0.4) is 0 Å². The van der Waals surface area contributed by atoms with Crippen molar-refractivity contribution >= 4 is 12.4 Å². The number of aliphatic hydroxyl groups is 1. The van der Waals surface area contributed by atoms with Crippen LogP contribution in [-0.2, 0) is 6.42 Å². The highest BCUT2D eigenvalue weighted by atomic mass is 35.5. The molecule has 0 unspecified atom stereocenters. The third kappa shape index (κ3) is 3.73. The monoisotopic (exact) mass is 293 g/mol. The van der Waals surface area contributed by atoms with E-state index in [4.69, 9.17) is 5.73 Å². The van der Waals surface area contributed by atoms with E-state index in [1.54, 1.807) is 6.07 Å². The standard InChI is InChI=1S/C16H19NO2.ClH/c1-11-6-5-9-13(16(11)19)15(17)14(18)10-12-7-3-2-4-8-12;/h2-9,14-15,18-19H,10,17H2,1H3;1H/t14-,15+;/m1./s1. The first-order chi connectivity index (χ1) is 9.09. The fourth-order valence-electron chi connectivity index (χ4n) is 2.14. The van der Waals surface area contributed by atoms with Gasteiger partial charge >= 0.3 is 0 Å². The van der Waals surface area contributed by atoms with E-state index in [2.05, 4.69) is 0 Å². The lowest BCUT2D eigenvalue weighted by Crippen LogP contribution is -2.28. The number of halogens is 1. The summed E-state index contributed by atoms with van der Waals surface area (Å²) in [4.78, 5) is 0. The Balaban J connectivity index is 0.00000200. The summed E-state index contributed by atoms with van der Waals surface area (Å²) in [5, 5.41) is 20.2. The average molecular weight is 294 g/mol. The van der Waals surface area contributed by atoms with Crippen molar-refractivity contribution in [1.82, 2.24) is 0 Å². The Labute approximate surface area is 125 Å². The van der Waals surface area contributed by atoms with Gasteiger partial charge in [-0.05, 0) is 18.1 Å². The van der Waals surface area contributed by atoms with Gasteiger partial charge in [-0.3, -0.25) is 0 Å². The predicted octanol–water partition coefficient (Wildman–Crippen LogP) is 2.73. The Bertz CT molecular complexity index is 545. The summed E-state index contributed by atoms with van der Waals surface area (Å²) in [6, 6.07) is 14.5. The summed E-state index contributed by atoms with van der Waals surface area (Å²) >= 11 is 0. The third-order valence-electron chi connectivity index (χ3n) is 3.33. The second kappa shape index (κ2) is 7.29. The Kier molecular flexibility index (Phi) is 6.02. The first-order valence-electron chi connectivity index (χ1n) is 6.35. The molecule has 0 radical (unpaired) electrons. The van der Waals surface area contributed by atoms with Crippen molar-refractivity contribution in [3.8, 4) is 5.75 Å². The Morgan fingerprint density at radius 1 is 1.05 bits per heavy atom. The van der Waals surface area contributed by atoms with Gasteiger partial charge in [-0.15, -0.1) is 12.4 Å². The molecule has 3 nitrogen and oxygen atoms in total. The van der Waals surface area contributed by atoms with Crippen LogP contribution in [0.25, 0.3) is 0 Å². The zero-order valence-electron chi connectivity index (χ0n) is 11.4. The van der Waals surface area contributed by atoms with Crippen molar-refractivity contribution in [1.29, 1.82) is 0 Å². The Morgan fingerprint density at radius 2 is 1.70 bits per heavy atom. The van der Waals surface area contributed by atoms with E-state index in [1.807, 2.05) is 49.4 Å². The number of para-hydroxylation sites is 1. The highest BCUT2D eigenvalue weighted by Crippen LogP contribution is 2.28. The summed E-state index contributed by atoms with van der Waals surface area (Å²) in [7, 11) is 0. The molecular formula is C16H20ClNO2. The van der Waals surface area contributed by atoms with Crippen molar-refractivity contribution < 1.29 is 10.2 Å². The molecule has 4 heteroatoms. The fourth-order valence-corrected chi connectivity index (χ4v) is 2.14. The van der Waals surface area contributed by atoms with Crippen LogP contribution in [0, 0.1) is 6.92 Å². The van der Waals surface area contributed by atoms with E-state index in [0.29, 0.717) is 12.0 Å². The summed E-state index contributed by atoms with van der Waals surface area (Å²) in [6.45, 7) is 1.81. The molecule has 0 saturated heterocycles. The van der Waals surface area contributed by atoms with Crippen molar-refractivity contribution in [3.05, 3.63) is 65.2 Å². The molecule has 20 heavy (non-hydrogen) atoms. The number of rotatable bonds is 4. The topological polar surface area (TPSA) is 66.5 Å². The molecule has 0 amide bonds. The minimum atomic E-state index is -0.727. The summed E-state index contributed by atoms with van der Waals surface area (Å²) in [5.41, 5.74) is 8.42. The molecule has 0 aromatic heterocycles. The van der Waals surface area contributed by atoms with Gasteiger partial charge in [0.2, 0.25) is 0 Å². The van der Waals surface area contributed by atoms with E-state index >= 15 is 0 Å². The normalized spacial score (nSPS) is 13.3. The second-order valence-corrected chi connectivity index (χ2v) is 4.80. The molecule has 0 fully saturated rings. The van der Waals surface area contributed by atoms with Crippen molar-refractivity contribution in [2.75, 3.05) is 0 Å². The second-order valence-electron chi connectivity index (χ2n) is 4.80. The third-order valence-corrected chi connectivity index (χ3v) is 3.33. The SMILES string of the molecule is Cc1cccc([C@H](N)[C@H](O)Cc2ccccc2)c1O.Cl. The lowest BCUT2D eigenvalue weighted by Gasteiger charge is -2.21. The predicted molar refractivity (Wildman–Crippen MR) is 83.2 cm³/mol. The molecule has 0 aliphatic rings. The fraction of sp³-hybridized carbons (Fsp3) is 0.250. The number of aliphatic hydroxyl groups excluding tert-OH is 1. The van der Waals surface area contributed by atoms with Crippen LogP contribution in [0.5, 0.6) is 5.75 Å². The summed E-state index contributed by atoms with van der Waals surface area (Å²) in [6.07, 6.45) is -0.259. The molecule has 0 aliphatic heterocycles. The highest BCUT2D eigenvalue weighted by Gasteiger charge is 2.20. The number of benzene rings is 2. The summed E-state index contributed by atoms with van der Waals surface area (Å²) < 4.78 is 0. The number of nitrogens with two attached hydrogens (primary N) is 1. The molecule has 0 heterocycles. The Morgan fingerprint density at radius 3 is 2.35 bits per heavy atom. The molecule has 2 atom stereocenters. The zero-order chi connectivity index (χ0) is 13.8. The highest BCUT2D eigenvalue weighted by molar-refractivity contribution is 5.85. The van der Waals surface area contributed by atoms with Gasteiger partial charge in [-0.1, -0.05) is 48.5 Å². The molecule has 2 rings (SSSR count). The van der Waals surface area contributed by atoms with Crippen LogP contribution in [0.2, 0.25) is 0 Å². The largest absolute Gasteiger partial charge is 0.507 e. The summed E-state index contributed by atoms with van der Waals surface area (Å²) in [5.74, 6) is 0.169. The lowest BCUT2D eigenvalue weighted by molar-refractivity contribution is 0.143. The molecule has 0 aliphatic carbocycles. The van der Waals surface area contributed by atoms with E-state index < -0.39 is 12.1 Å². The molecular weight excluding hydrogens is 274 g/mol. The maximum Gasteiger partial charge on any atom is 0.123 e. The Hall–Kier alpha value is -1.55. The molecule has 4 N–H and O–H groups in total. The average Bonchev–Trinajstić information content (AvgIpc) is 2.42. The van der Waals surface area contributed by atoms with E-state index in [1.165, 1.54) is 0 Å². The van der Waals surface area contributed by atoms with Crippen molar-refractivity contribution in [3.63, 3.8) is 0 Å². The van der Waals surface area contributed by atoms with Crippen LogP contribution in [-0.4, -0.2) is 16.3 Å². The van der Waals surface area contributed by atoms with Gasteiger partial charge in [0.25, 0.3) is 0 Å². The van der Waals surface area contributed by atoms with Crippen LogP contribution >= 0.6 is 12.4 Å². The lowest BCUT2D eigenvalue weighted by atomic mass is 9.95. The van der Waals surface area contributed by atoms with E-state index in [-0.39, 0.29) is 18.2 Å².